The zero-order valence-electron chi connectivity index (χ0n) is 9.31. The number of nitrogens with zero attached hydrogens (tertiary/aromatic N) is 2. The lowest BCUT2D eigenvalue weighted by Gasteiger charge is -2.07. The molecule has 1 aromatic carbocycles. The van der Waals surface area contributed by atoms with Crippen molar-refractivity contribution in [3.05, 3.63) is 39.9 Å². The maximum Gasteiger partial charge on any atom is 0.271 e. The summed E-state index contributed by atoms with van der Waals surface area (Å²) in [6, 6.07) is 3.16. The average molecular weight is 300 g/mol. The van der Waals surface area contributed by atoms with E-state index >= 15 is 0 Å². The molecule has 0 fully saturated rings. The average Bonchev–Trinajstić information content (AvgIpc) is 2.80. The Morgan fingerprint density at radius 2 is 2.16 bits per heavy atom. The summed E-state index contributed by atoms with van der Waals surface area (Å²) in [5.74, 6) is 0. The third-order valence-corrected chi connectivity index (χ3v) is 4.38. The molecule has 3 N–H and O–H groups in total. The highest BCUT2D eigenvalue weighted by Crippen LogP contribution is 2.26. The number of nitrogens with one attached hydrogen (secondary N) is 1. The Kier molecular flexibility index (Phi) is 3.36. The Morgan fingerprint density at radius 1 is 1.42 bits per heavy atom. The van der Waals surface area contributed by atoms with E-state index in [1.54, 1.807) is 5.38 Å². The Balaban J connectivity index is 2.38. The van der Waals surface area contributed by atoms with Gasteiger partial charge < -0.3 is 5.73 Å². The van der Waals surface area contributed by atoms with E-state index in [0.717, 1.165) is 29.5 Å². The van der Waals surface area contributed by atoms with Crippen molar-refractivity contribution in [1.82, 2.24) is 4.98 Å². The minimum Gasteiger partial charge on any atom is -0.397 e. The molecule has 0 aliphatic rings. The second kappa shape index (κ2) is 4.82. The number of non-ortho nitro benzene ring substituents is 1. The van der Waals surface area contributed by atoms with Crippen LogP contribution in [0.25, 0.3) is 0 Å². The number of anilines is 2. The third-order valence-electron chi connectivity index (χ3n) is 2.15. The van der Waals surface area contributed by atoms with Gasteiger partial charge in [-0.1, -0.05) is 0 Å². The van der Waals surface area contributed by atoms with Gasteiger partial charge in [0.2, 0.25) is 0 Å². The Hall–Kier alpha value is -2.20. The lowest BCUT2D eigenvalue weighted by molar-refractivity contribution is -0.384. The summed E-state index contributed by atoms with van der Waals surface area (Å²) in [6.07, 6.45) is 1.45. The summed E-state index contributed by atoms with van der Waals surface area (Å²) in [5.41, 5.74) is 5.07. The normalized spacial score (nSPS) is 11.2. The SMILES string of the molecule is Nc1cc([N+](=O)[O-])ccc1S(=O)(=O)Nc1nccs1. The molecule has 2 aromatic rings. The zero-order chi connectivity index (χ0) is 14.0. The van der Waals surface area contributed by atoms with E-state index in [4.69, 9.17) is 5.73 Å². The number of benzene rings is 1. The topological polar surface area (TPSA) is 128 Å². The minimum absolute atomic E-state index is 0.192. The first-order valence-electron chi connectivity index (χ1n) is 4.86. The fourth-order valence-electron chi connectivity index (χ4n) is 1.34. The van der Waals surface area contributed by atoms with Crippen LogP contribution in [0, 0.1) is 10.1 Å². The number of rotatable bonds is 4. The molecule has 0 spiro atoms. The Labute approximate surface area is 112 Å². The molecule has 19 heavy (non-hydrogen) atoms. The highest BCUT2D eigenvalue weighted by Gasteiger charge is 2.20. The maximum atomic E-state index is 12.0. The van der Waals surface area contributed by atoms with Gasteiger partial charge in [0.25, 0.3) is 15.7 Å². The fraction of sp³-hybridized carbons (Fsp3) is 0. The van der Waals surface area contributed by atoms with Crippen LogP contribution in [0.3, 0.4) is 0 Å². The van der Waals surface area contributed by atoms with Crippen molar-refractivity contribution < 1.29 is 13.3 Å². The molecule has 0 amide bonds. The monoisotopic (exact) mass is 300 g/mol. The van der Waals surface area contributed by atoms with Crippen LogP contribution < -0.4 is 10.5 Å². The summed E-state index contributed by atoms with van der Waals surface area (Å²) in [7, 11) is -3.91. The molecule has 1 aromatic heterocycles. The van der Waals surface area contributed by atoms with E-state index in [1.165, 1.54) is 6.20 Å². The van der Waals surface area contributed by atoms with Crippen LogP contribution in [0.5, 0.6) is 0 Å². The lowest BCUT2D eigenvalue weighted by Crippen LogP contribution is -2.14. The quantitative estimate of drug-likeness (QED) is 0.499. The first kappa shape index (κ1) is 13.2. The third kappa shape index (κ3) is 2.80. The van der Waals surface area contributed by atoms with Crippen LogP contribution in [-0.4, -0.2) is 18.3 Å². The number of thiazole rings is 1. The predicted molar refractivity (Wildman–Crippen MR) is 70.4 cm³/mol. The van der Waals surface area contributed by atoms with E-state index in [1.807, 2.05) is 0 Å². The largest absolute Gasteiger partial charge is 0.397 e. The highest BCUT2D eigenvalue weighted by atomic mass is 32.2. The molecule has 0 bridgehead atoms. The van der Waals surface area contributed by atoms with Gasteiger partial charge in [0.15, 0.2) is 5.13 Å². The van der Waals surface area contributed by atoms with Gasteiger partial charge in [-0.2, -0.15) is 0 Å². The molecule has 0 aliphatic carbocycles. The number of nitro groups is 1. The Morgan fingerprint density at radius 3 is 2.68 bits per heavy atom. The number of hydrogen-bond acceptors (Lipinski definition) is 7. The van der Waals surface area contributed by atoms with E-state index in [0.29, 0.717) is 0 Å². The van der Waals surface area contributed by atoms with Crippen molar-refractivity contribution in [2.24, 2.45) is 0 Å². The van der Waals surface area contributed by atoms with Gasteiger partial charge in [-0.05, 0) is 6.07 Å². The van der Waals surface area contributed by atoms with Crippen LogP contribution in [0.1, 0.15) is 0 Å². The van der Waals surface area contributed by atoms with E-state index in [-0.39, 0.29) is 21.4 Å². The van der Waals surface area contributed by atoms with Gasteiger partial charge in [0.05, 0.1) is 10.6 Å². The Bertz CT molecular complexity index is 712. The molecule has 2 rings (SSSR count). The first-order chi connectivity index (χ1) is 8.90. The second-order valence-corrected chi connectivity index (χ2v) is 5.97. The van der Waals surface area contributed by atoms with Crippen LogP contribution in [-0.2, 0) is 10.0 Å². The smallest absolute Gasteiger partial charge is 0.271 e. The number of nitro benzene ring substituents is 1. The van der Waals surface area contributed by atoms with Crippen molar-refractivity contribution in [2.75, 3.05) is 10.5 Å². The van der Waals surface area contributed by atoms with Crippen LogP contribution in [0.15, 0.2) is 34.7 Å². The molecule has 0 aliphatic heterocycles. The number of sulfonamides is 1. The molecule has 8 nitrogen and oxygen atoms in total. The van der Waals surface area contributed by atoms with Crippen LogP contribution in [0.4, 0.5) is 16.5 Å². The molecular formula is C9H8N4O4S2. The molecule has 0 saturated heterocycles. The molecular weight excluding hydrogens is 292 g/mol. The fourth-order valence-corrected chi connectivity index (χ4v) is 3.24. The van der Waals surface area contributed by atoms with E-state index in [2.05, 4.69) is 9.71 Å². The number of nitrogens with two attached hydrogens (primary N) is 1. The molecule has 10 heteroatoms. The van der Waals surface area contributed by atoms with Crippen LogP contribution >= 0.6 is 11.3 Å². The second-order valence-electron chi connectivity index (χ2n) is 3.42. The number of nitrogen functional groups attached to an aromatic ring is 1. The maximum absolute atomic E-state index is 12.0. The standard InChI is InChI=1S/C9H8N4O4S2/c10-7-5-6(13(14)15)1-2-8(7)19(16,17)12-9-11-3-4-18-9/h1-5H,10H2,(H,11,12). The van der Waals surface area contributed by atoms with Gasteiger partial charge in [-0.3, -0.25) is 14.8 Å². The van der Waals surface area contributed by atoms with Crippen molar-refractivity contribution in [3.63, 3.8) is 0 Å². The van der Waals surface area contributed by atoms with Crippen molar-refractivity contribution in [2.45, 2.75) is 4.90 Å². The summed E-state index contributed by atoms with van der Waals surface area (Å²) < 4.78 is 26.2. The van der Waals surface area contributed by atoms with Crippen molar-refractivity contribution in [3.8, 4) is 0 Å². The molecule has 100 valence electrons. The van der Waals surface area contributed by atoms with Gasteiger partial charge in [-0.25, -0.2) is 13.4 Å². The van der Waals surface area contributed by atoms with E-state index in [9.17, 15) is 18.5 Å². The lowest BCUT2D eigenvalue weighted by atomic mass is 10.3. The summed E-state index contributed by atoms with van der Waals surface area (Å²) in [4.78, 5) is 13.4. The van der Waals surface area contributed by atoms with E-state index < -0.39 is 14.9 Å². The zero-order valence-corrected chi connectivity index (χ0v) is 10.9. The molecule has 1 heterocycles. The highest BCUT2D eigenvalue weighted by molar-refractivity contribution is 7.93. The van der Waals surface area contributed by atoms with Gasteiger partial charge in [0, 0.05) is 23.7 Å². The molecule has 0 unspecified atom stereocenters. The molecule has 0 radical (unpaired) electrons. The summed E-state index contributed by atoms with van der Waals surface area (Å²) >= 11 is 1.11. The van der Waals surface area contributed by atoms with Crippen LogP contribution in [0.2, 0.25) is 0 Å². The van der Waals surface area contributed by atoms with Gasteiger partial charge in [-0.15, -0.1) is 11.3 Å². The van der Waals surface area contributed by atoms with Gasteiger partial charge in [0.1, 0.15) is 4.90 Å². The summed E-state index contributed by atoms with van der Waals surface area (Å²) in [5, 5.41) is 12.3. The van der Waals surface area contributed by atoms with Gasteiger partial charge >= 0.3 is 0 Å². The molecule has 0 saturated carbocycles. The number of hydrogen-bond donors (Lipinski definition) is 2. The number of aromatic nitrogens is 1. The molecule has 0 atom stereocenters. The predicted octanol–water partition coefficient (Wildman–Crippen LogP) is 1.43. The van der Waals surface area contributed by atoms with Crippen molar-refractivity contribution >= 4 is 37.9 Å². The summed E-state index contributed by atoms with van der Waals surface area (Å²) in [6.45, 7) is 0. The minimum atomic E-state index is -3.91. The first-order valence-corrected chi connectivity index (χ1v) is 7.22. The van der Waals surface area contributed by atoms with Crippen molar-refractivity contribution in [1.29, 1.82) is 0 Å².